The summed E-state index contributed by atoms with van der Waals surface area (Å²) < 4.78 is 34.5. The van der Waals surface area contributed by atoms with Gasteiger partial charge in [0.1, 0.15) is 23.0 Å². The molecule has 6 nitrogen and oxygen atoms in total. The molecule has 0 aliphatic carbocycles. The molecule has 4 rings (SSSR count). The molecule has 0 amide bonds. The van der Waals surface area contributed by atoms with Crippen LogP contribution in [0.3, 0.4) is 0 Å². The zero-order valence-corrected chi connectivity index (χ0v) is 14.4. The maximum Gasteiger partial charge on any atom is 0.232 e. The summed E-state index contributed by atoms with van der Waals surface area (Å²) >= 11 is 0. The Kier molecular flexibility index (Phi) is 3.94. The monoisotopic (exact) mass is 344 g/mol. The Bertz CT molecular complexity index is 789. The van der Waals surface area contributed by atoms with Crippen LogP contribution in [0.4, 0.5) is 0 Å². The molecule has 0 spiro atoms. The summed E-state index contributed by atoms with van der Waals surface area (Å²) in [5.74, 6) is 1.65. The van der Waals surface area contributed by atoms with Crippen LogP contribution in [0, 0.1) is 0 Å². The highest BCUT2D eigenvalue weighted by Crippen LogP contribution is 2.51. The summed E-state index contributed by atoms with van der Waals surface area (Å²) in [4.78, 5) is 0. The summed E-state index contributed by atoms with van der Waals surface area (Å²) in [5, 5.41) is 0. The summed E-state index contributed by atoms with van der Waals surface area (Å²) in [6.07, 6.45) is 0.261. The molecule has 6 heteroatoms. The van der Waals surface area contributed by atoms with Gasteiger partial charge in [0, 0.05) is 18.6 Å². The molecule has 132 valence electrons. The van der Waals surface area contributed by atoms with Gasteiger partial charge in [0.2, 0.25) is 12.1 Å². The van der Waals surface area contributed by atoms with Gasteiger partial charge in [0.25, 0.3) is 0 Å². The first-order chi connectivity index (χ1) is 12.2. The van der Waals surface area contributed by atoms with Crippen LogP contribution in [-0.4, -0.2) is 34.2 Å². The Morgan fingerprint density at radius 2 is 1.64 bits per heavy atom. The van der Waals surface area contributed by atoms with Crippen LogP contribution >= 0.6 is 0 Å². The van der Waals surface area contributed by atoms with Gasteiger partial charge in [-0.1, -0.05) is 0 Å². The molecule has 25 heavy (non-hydrogen) atoms. The topological polar surface area (TPSA) is 55.4 Å². The van der Waals surface area contributed by atoms with Crippen LogP contribution in [-0.2, 0) is 15.3 Å². The van der Waals surface area contributed by atoms with E-state index in [0.29, 0.717) is 30.3 Å². The summed E-state index contributed by atoms with van der Waals surface area (Å²) in [6.45, 7) is 0.519. The minimum absolute atomic E-state index is 0.389. The van der Waals surface area contributed by atoms with Gasteiger partial charge in [-0.05, 0) is 24.3 Å². The number of benzene rings is 2. The highest BCUT2D eigenvalue weighted by Gasteiger charge is 2.50. The van der Waals surface area contributed by atoms with Crippen molar-refractivity contribution in [3.63, 3.8) is 0 Å². The van der Waals surface area contributed by atoms with Crippen LogP contribution in [0.15, 0.2) is 36.4 Å². The lowest BCUT2D eigenvalue weighted by atomic mass is 9.93. The van der Waals surface area contributed by atoms with Crippen LogP contribution in [0.25, 0.3) is 0 Å². The van der Waals surface area contributed by atoms with E-state index in [1.165, 1.54) is 0 Å². The normalized spacial score (nSPS) is 24.0. The molecule has 0 saturated carbocycles. The standard InChI is InChI=1S/C19H20O6/c1-20-12-4-6-14(16(10-12)22-3)19-15-7-5-13(21-2)11-17(15)24-18(25-19)8-9-23-19/h4-7,10-11,18H,8-9H2,1-3H3. The molecule has 0 N–H and O–H groups in total. The van der Waals surface area contributed by atoms with Crippen LogP contribution in [0.2, 0.25) is 0 Å². The first kappa shape index (κ1) is 16.1. The molecule has 2 aliphatic heterocycles. The zero-order valence-electron chi connectivity index (χ0n) is 14.4. The third kappa shape index (κ3) is 2.49. The molecule has 2 unspecified atom stereocenters. The molecule has 1 saturated heterocycles. The fourth-order valence-corrected chi connectivity index (χ4v) is 3.30. The zero-order chi connectivity index (χ0) is 17.4. The largest absolute Gasteiger partial charge is 0.497 e. The van der Waals surface area contributed by atoms with E-state index in [0.717, 1.165) is 16.9 Å². The van der Waals surface area contributed by atoms with Crippen molar-refractivity contribution in [3.05, 3.63) is 47.5 Å². The molecule has 0 aromatic heterocycles. The molecule has 1 fully saturated rings. The molecule has 2 aromatic carbocycles. The van der Waals surface area contributed by atoms with E-state index in [-0.39, 0.29) is 6.29 Å². The average Bonchev–Trinajstić information content (AvgIpc) is 2.67. The number of hydrogen-bond donors (Lipinski definition) is 0. The Hall–Kier alpha value is -2.44. The SMILES string of the molecule is COc1ccc(C23OCCC(Oc4cc(OC)ccc42)O3)c(OC)c1. The Balaban J connectivity index is 1.91. The van der Waals surface area contributed by atoms with Gasteiger partial charge in [0.15, 0.2) is 0 Å². The lowest BCUT2D eigenvalue weighted by Gasteiger charge is -2.46. The Labute approximate surface area is 146 Å². The smallest absolute Gasteiger partial charge is 0.232 e. The molecule has 2 heterocycles. The molecule has 0 radical (unpaired) electrons. The fourth-order valence-electron chi connectivity index (χ4n) is 3.30. The van der Waals surface area contributed by atoms with Crippen molar-refractivity contribution in [2.75, 3.05) is 27.9 Å². The lowest BCUT2D eigenvalue weighted by Crippen LogP contribution is -2.49. The van der Waals surface area contributed by atoms with Gasteiger partial charge < -0.3 is 28.4 Å². The minimum atomic E-state index is -1.08. The molecule has 2 aromatic rings. The Morgan fingerprint density at radius 3 is 2.36 bits per heavy atom. The van der Waals surface area contributed by atoms with Gasteiger partial charge >= 0.3 is 0 Å². The second-order valence-corrected chi connectivity index (χ2v) is 5.85. The van der Waals surface area contributed by atoms with Gasteiger partial charge in [-0.25, -0.2) is 0 Å². The number of ether oxygens (including phenoxy) is 6. The summed E-state index contributed by atoms with van der Waals surface area (Å²) in [5.41, 5.74) is 1.56. The lowest BCUT2D eigenvalue weighted by molar-refractivity contribution is -0.331. The third-order valence-electron chi connectivity index (χ3n) is 4.52. The van der Waals surface area contributed by atoms with Crippen molar-refractivity contribution in [1.29, 1.82) is 0 Å². The predicted molar refractivity (Wildman–Crippen MR) is 89.4 cm³/mol. The van der Waals surface area contributed by atoms with Crippen molar-refractivity contribution < 1.29 is 28.4 Å². The average molecular weight is 344 g/mol. The van der Waals surface area contributed by atoms with E-state index in [1.54, 1.807) is 21.3 Å². The van der Waals surface area contributed by atoms with Crippen LogP contribution < -0.4 is 18.9 Å². The van der Waals surface area contributed by atoms with E-state index in [1.807, 2.05) is 36.4 Å². The first-order valence-electron chi connectivity index (χ1n) is 8.09. The van der Waals surface area contributed by atoms with Crippen molar-refractivity contribution in [2.24, 2.45) is 0 Å². The number of fused-ring (bicyclic) bond motifs is 4. The van der Waals surface area contributed by atoms with E-state index < -0.39 is 5.79 Å². The highest BCUT2D eigenvalue weighted by atomic mass is 16.8. The number of methoxy groups -OCH3 is 3. The van der Waals surface area contributed by atoms with Crippen LogP contribution in [0.5, 0.6) is 23.0 Å². The second-order valence-electron chi connectivity index (χ2n) is 5.85. The predicted octanol–water partition coefficient (Wildman–Crippen LogP) is 3.07. The van der Waals surface area contributed by atoms with Crippen molar-refractivity contribution in [3.8, 4) is 23.0 Å². The van der Waals surface area contributed by atoms with Crippen molar-refractivity contribution >= 4 is 0 Å². The van der Waals surface area contributed by atoms with Gasteiger partial charge in [-0.2, -0.15) is 0 Å². The van der Waals surface area contributed by atoms with Gasteiger partial charge in [-0.15, -0.1) is 0 Å². The Morgan fingerprint density at radius 1 is 0.920 bits per heavy atom. The van der Waals surface area contributed by atoms with Gasteiger partial charge in [0.05, 0.1) is 39.1 Å². The van der Waals surface area contributed by atoms with Crippen molar-refractivity contribution in [1.82, 2.24) is 0 Å². The molecule has 2 atom stereocenters. The van der Waals surface area contributed by atoms with E-state index in [2.05, 4.69) is 0 Å². The molecular weight excluding hydrogens is 324 g/mol. The minimum Gasteiger partial charge on any atom is -0.497 e. The second kappa shape index (κ2) is 6.13. The first-order valence-corrected chi connectivity index (χ1v) is 8.09. The molecule has 2 bridgehead atoms. The van der Waals surface area contributed by atoms with E-state index in [9.17, 15) is 0 Å². The maximum absolute atomic E-state index is 6.21. The van der Waals surface area contributed by atoms with Crippen LogP contribution in [0.1, 0.15) is 17.5 Å². The van der Waals surface area contributed by atoms with Crippen molar-refractivity contribution in [2.45, 2.75) is 18.5 Å². The number of hydrogen-bond acceptors (Lipinski definition) is 6. The molecular formula is C19H20O6. The number of rotatable bonds is 4. The van der Waals surface area contributed by atoms with E-state index in [4.69, 9.17) is 28.4 Å². The molecule has 2 aliphatic rings. The van der Waals surface area contributed by atoms with E-state index >= 15 is 0 Å². The quantitative estimate of drug-likeness (QED) is 0.850. The maximum atomic E-state index is 6.21. The third-order valence-corrected chi connectivity index (χ3v) is 4.52. The van der Waals surface area contributed by atoms with Gasteiger partial charge in [-0.3, -0.25) is 0 Å². The summed E-state index contributed by atoms with van der Waals surface area (Å²) in [6, 6.07) is 11.2. The fraction of sp³-hybridized carbons (Fsp3) is 0.368. The highest BCUT2D eigenvalue weighted by molar-refractivity contribution is 5.53. The summed E-state index contributed by atoms with van der Waals surface area (Å²) in [7, 11) is 4.86.